The number of rotatable bonds is 3. The van der Waals surface area contributed by atoms with Gasteiger partial charge < -0.3 is 9.64 Å². The third kappa shape index (κ3) is 3.08. The van der Waals surface area contributed by atoms with Crippen molar-refractivity contribution < 1.29 is 17.9 Å². The Morgan fingerprint density at radius 1 is 1.25 bits per heavy atom. The highest BCUT2D eigenvalue weighted by Gasteiger charge is 2.28. The van der Waals surface area contributed by atoms with E-state index in [0.29, 0.717) is 32.6 Å². The van der Waals surface area contributed by atoms with E-state index in [1.54, 1.807) is 0 Å². The Bertz CT molecular complexity index is 333. The predicted octanol–water partition coefficient (Wildman–Crippen LogP) is 0.110. The Kier molecular flexibility index (Phi) is 4.55. The molecule has 1 rings (SSSR count). The van der Waals surface area contributed by atoms with E-state index in [-0.39, 0.29) is 5.75 Å². The van der Waals surface area contributed by atoms with E-state index in [1.807, 2.05) is 6.92 Å². The van der Waals surface area contributed by atoms with E-state index in [0.717, 1.165) is 0 Å². The first kappa shape index (κ1) is 13.2. The van der Waals surface area contributed by atoms with Crippen LogP contribution in [0.3, 0.4) is 0 Å². The molecule has 7 heteroatoms. The largest absolute Gasteiger partial charge is 0.453 e. The quantitative estimate of drug-likeness (QED) is 0.713. The van der Waals surface area contributed by atoms with Gasteiger partial charge in [0.25, 0.3) is 0 Å². The molecule has 6 nitrogen and oxygen atoms in total. The lowest BCUT2D eigenvalue weighted by atomic mass is 10.4. The summed E-state index contributed by atoms with van der Waals surface area (Å²) in [6.07, 6.45) is 0.215. The minimum Gasteiger partial charge on any atom is -0.453 e. The summed E-state index contributed by atoms with van der Waals surface area (Å²) in [4.78, 5) is 12.7. The van der Waals surface area contributed by atoms with Crippen molar-refractivity contribution in [3.05, 3.63) is 0 Å². The van der Waals surface area contributed by atoms with Gasteiger partial charge in [0.1, 0.15) is 0 Å². The normalized spacial score (nSPS) is 18.5. The van der Waals surface area contributed by atoms with E-state index in [4.69, 9.17) is 0 Å². The number of methoxy groups -OCH3 is 1. The summed E-state index contributed by atoms with van der Waals surface area (Å²) >= 11 is 0. The molecule has 94 valence electrons. The van der Waals surface area contributed by atoms with Crippen molar-refractivity contribution in [2.24, 2.45) is 0 Å². The maximum atomic E-state index is 11.7. The van der Waals surface area contributed by atoms with Crippen molar-refractivity contribution in [1.29, 1.82) is 0 Å². The number of ether oxygens (including phenoxy) is 1. The molecule has 1 heterocycles. The number of piperazine rings is 1. The Labute approximate surface area is 96.2 Å². The topological polar surface area (TPSA) is 66.9 Å². The minimum atomic E-state index is -3.13. The Balaban J connectivity index is 2.52. The SMILES string of the molecule is CCCS(=O)(=O)N1CCN(C(=O)OC)CC1. The van der Waals surface area contributed by atoms with Crippen molar-refractivity contribution in [1.82, 2.24) is 9.21 Å². The van der Waals surface area contributed by atoms with Crippen LogP contribution in [0.2, 0.25) is 0 Å². The zero-order chi connectivity index (χ0) is 12.2. The van der Waals surface area contributed by atoms with Crippen molar-refractivity contribution in [3.63, 3.8) is 0 Å². The third-order valence-electron chi connectivity index (χ3n) is 2.53. The number of nitrogens with zero attached hydrogens (tertiary/aromatic N) is 2. The molecule has 1 amide bonds. The molecule has 0 aromatic heterocycles. The van der Waals surface area contributed by atoms with Crippen molar-refractivity contribution in [2.75, 3.05) is 39.0 Å². The number of carbonyl (C=O) groups excluding carboxylic acids is 1. The van der Waals surface area contributed by atoms with Crippen molar-refractivity contribution >= 4 is 16.1 Å². The average Bonchev–Trinajstić information content (AvgIpc) is 2.28. The Morgan fingerprint density at radius 2 is 1.81 bits per heavy atom. The lowest BCUT2D eigenvalue weighted by Gasteiger charge is -2.32. The van der Waals surface area contributed by atoms with Crippen LogP contribution in [0.5, 0.6) is 0 Å². The molecule has 1 aliphatic rings. The van der Waals surface area contributed by atoms with Crippen LogP contribution in [0.4, 0.5) is 4.79 Å². The van der Waals surface area contributed by atoms with E-state index in [1.165, 1.54) is 16.3 Å². The summed E-state index contributed by atoms with van der Waals surface area (Å²) in [5, 5.41) is 0. The van der Waals surface area contributed by atoms with Crippen LogP contribution in [0, 0.1) is 0 Å². The first-order valence-corrected chi connectivity index (χ1v) is 6.93. The van der Waals surface area contributed by atoms with Crippen LogP contribution in [-0.4, -0.2) is 62.8 Å². The van der Waals surface area contributed by atoms with Gasteiger partial charge >= 0.3 is 6.09 Å². The van der Waals surface area contributed by atoms with Gasteiger partial charge in [-0.25, -0.2) is 13.2 Å². The summed E-state index contributed by atoms with van der Waals surface area (Å²) < 4.78 is 29.5. The lowest BCUT2D eigenvalue weighted by Crippen LogP contribution is -2.50. The van der Waals surface area contributed by atoms with Gasteiger partial charge in [-0.15, -0.1) is 0 Å². The van der Waals surface area contributed by atoms with E-state index >= 15 is 0 Å². The third-order valence-corrected chi connectivity index (χ3v) is 4.60. The summed E-state index contributed by atoms with van der Waals surface area (Å²) in [6, 6.07) is 0. The molecular formula is C9H18N2O4S. The summed E-state index contributed by atoms with van der Waals surface area (Å²) in [5.41, 5.74) is 0. The van der Waals surface area contributed by atoms with Gasteiger partial charge in [-0.05, 0) is 6.42 Å². The van der Waals surface area contributed by atoms with Crippen molar-refractivity contribution in [3.8, 4) is 0 Å². The highest BCUT2D eigenvalue weighted by molar-refractivity contribution is 7.89. The first-order valence-electron chi connectivity index (χ1n) is 5.32. The van der Waals surface area contributed by atoms with Crippen LogP contribution < -0.4 is 0 Å². The number of sulfonamides is 1. The molecule has 0 spiro atoms. The molecule has 0 aromatic rings. The van der Waals surface area contributed by atoms with Gasteiger partial charge in [0.05, 0.1) is 12.9 Å². The van der Waals surface area contributed by atoms with E-state index < -0.39 is 16.1 Å². The molecule has 1 saturated heterocycles. The lowest BCUT2D eigenvalue weighted by molar-refractivity contribution is 0.108. The molecule has 0 atom stereocenters. The number of hydrogen-bond donors (Lipinski definition) is 0. The molecule has 1 fully saturated rings. The van der Waals surface area contributed by atoms with Gasteiger partial charge in [-0.2, -0.15) is 4.31 Å². The molecule has 0 aromatic carbocycles. The molecular weight excluding hydrogens is 232 g/mol. The number of amides is 1. The zero-order valence-electron chi connectivity index (χ0n) is 9.68. The second-order valence-electron chi connectivity index (χ2n) is 3.67. The van der Waals surface area contributed by atoms with E-state index in [2.05, 4.69) is 4.74 Å². The molecule has 0 bridgehead atoms. The second-order valence-corrected chi connectivity index (χ2v) is 5.76. The number of carbonyl (C=O) groups is 1. The molecule has 1 aliphatic heterocycles. The highest BCUT2D eigenvalue weighted by atomic mass is 32.2. The molecule has 0 saturated carbocycles. The van der Waals surface area contributed by atoms with Crippen LogP contribution in [0.1, 0.15) is 13.3 Å². The van der Waals surface area contributed by atoms with Gasteiger partial charge in [0, 0.05) is 26.2 Å². The molecule has 0 radical (unpaired) electrons. The smallest absolute Gasteiger partial charge is 0.409 e. The summed E-state index contributed by atoms with van der Waals surface area (Å²) in [5.74, 6) is 0.172. The number of hydrogen-bond acceptors (Lipinski definition) is 4. The predicted molar refractivity (Wildman–Crippen MR) is 59.6 cm³/mol. The zero-order valence-corrected chi connectivity index (χ0v) is 10.5. The maximum Gasteiger partial charge on any atom is 0.409 e. The second kappa shape index (κ2) is 5.49. The fraction of sp³-hybridized carbons (Fsp3) is 0.889. The maximum absolute atomic E-state index is 11.7. The van der Waals surface area contributed by atoms with Crippen LogP contribution >= 0.6 is 0 Å². The van der Waals surface area contributed by atoms with Gasteiger partial charge in [-0.3, -0.25) is 0 Å². The van der Waals surface area contributed by atoms with Crippen molar-refractivity contribution in [2.45, 2.75) is 13.3 Å². The van der Waals surface area contributed by atoms with E-state index in [9.17, 15) is 13.2 Å². The van der Waals surface area contributed by atoms with Gasteiger partial charge in [0.15, 0.2) is 0 Å². The fourth-order valence-corrected chi connectivity index (χ4v) is 3.16. The first-order chi connectivity index (χ1) is 7.51. The highest BCUT2D eigenvalue weighted by Crippen LogP contribution is 2.09. The molecule has 0 aliphatic carbocycles. The standard InChI is InChI=1S/C9H18N2O4S/c1-3-8-16(13,14)11-6-4-10(5-7-11)9(12)15-2/h3-8H2,1-2H3. The van der Waals surface area contributed by atoms with Crippen LogP contribution in [-0.2, 0) is 14.8 Å². The Hall–Kier alpha value is -0.820. The molecule has 16 heavy (non-hydrogen) atoms. The molecule has 0 unspecified atom stereocenters. The fourth-order valence-electron chi connectivity index (χ4n) is 1.66. The average molecular weight is 250 g/mol. The summed E-state index contributed by atoms with van der Waals surface area (Å²) in [7, 11) is -1.81. The van der Waals surface area contributed by atoms with Crippen LogP contribution in [0.25, 0.3) is 0 Å². The van der Waals surface area contributed by atoms with Gasteiger partial charge in [-0.1, -0.05) is 6.92 Å². The monoisotopic (exact) mass is 250 g/mol. The Morgan fingerprint density at radius 3 is 2.25 bits per heavy atom. The van der Waals surface area contributed by atoms with Crippen LogP contribution in [0.15, 0.2) is 0 Å². The van der Waals surface area contributed by atoms with Gasteiger partial charge in [0.2, 0.25) is 10.0 Å². The minimum absolute atomic E-state index is 0.172. The summed E-state index contributed by atoms with van der Waals surface area (Å²) in [6.45, 7) is 3.35. The molecule has 0 N–H and O–H groups in total.